The van der Waals surface area contributed by atoms with E-state index in [1.807, 2.05) is 0 Å². The molecule has 0 radical (unpaired) electrons. The molecule has 3 N–H and O–H groups in total. The largest absolute Gasteiger partial charge is 0.392 e. The Bertz CT molecular complexity index is 468. The van der Waals surface area contributed by atoms with Gasteiger partial charge in [0.15, 0.2) is 0 Å². The van der Waals surface area contributed by atoms with Crippen LogP contribution in [-0.4, -0.2) is 38.6 Å². The number of aliphatic hydroxyl groups excluding tert-OH is 1. The van der Waals surface area contributed by atoms with Crippen molar-refractivity contribution in [3.8, 4) is 0 Å². The first-order valence-corrected chi connectivity index (χ1v) is 7.76. The summed E-state index contributed by atoms with van der Waals surface area (Å²) in [6.45, 7) is 1.75. The van der Waals surface area contributed by atoms with Gasteiger partial charge in [-0.15, -0.1) is 11.3 Å². The maximum atomic E-state index is 11.7. The van der Waals surface area contributed by atoms with Crippen molar-refractivity contribution in [2.75, 3.05) is 13.1 Å². The summed E-state index contributed by atoms with van der Waals surface area (Å²) in [6.07, 6.45) is -0.575. The maximum Gasteiger partial charge on any atom is 0.250 e. The molecule has 6 nitrogen and oxygen atoms in total. The highest BCUT2D eigenvalue weighted by Gasteiger charge is 2.14. The van der Waals surface area contributed by atoms with Crippen LogP contribution in [-0.2, 0) is 14.8 Å². The molecule has 0 bridgehead atoms. The first-order valence-electron chi connectivity index (χ1n) is 5.40. The number of carbonyl (C=O) groups is 1. The van der Waals surface area contributed by atoms with Gasteiger partial charge in [-0.05, 0) is 18.4 Å². The lowest BCUT2D eigenvalue weighted by Gasteiger charge is -2.07. The molecule has 1 heterocycles. The molecule has 0 aliphatic heterocycles. The molecule has 102 valence electrons. The highest BCUT2D eigenvalue weighted by atomic mass is 32.2. The van der Waals surface area contributed by atoms with Crippen molar-refractivity contribution in [3.63, 3.8) is 0 Å². The number of hydrogen-bond donors (Lipinski definition) is 3. The molecule has 0 fully saturated rings. The Hall–Kier alpha value is -0.960. The Balaban J connectivity index is 2.32. The van der Waals surface area contributed by atoms with Gasteiger partial charge in [0, 0.05) is 19.5 Å². The molecule has 1 rings (SSSR count). The minimum absolute atomic E-state index is 0.0336. The van der Waals surface area contributed by atoms with Gasteiger partial charge in [-0.25, -0.2) is 13.1 Å². The van der Waals surface area contributed by atoms with Crippen LogP contribution in [0.2, 0.25) is 0 Å². The highest BCUT2D eigenvalue weighted by molar-refractivity contribution is 7.91. The zero-order valence-corrected chi connectivity index (χ0v) is 11.6. The molecular weight excluding hydrogens is 276 g/mol. The summed E-state index contributed by atoms with van der Waals surface area (Å²) < 4.78 is 25.9. The Kier molecular flexibility index (Phi) is 5.73. The van der Waals surface area contributed by atoms with Crippen LogP contribution in [0.3, 0.4) is 0 Å². The van der Waals surface area contributed by atoms with E-state index in [0.29, 0.717) is 0 Å². The van der Waals surface area contributed by atoms with Crippen LogP contribution in [0.15, 0.2) is 21.7 Å². The first-order chi connectivity index (χ1) is 8.42. The highest BCUT2D eigenvalue weighted by Crippen LogP contribution is 2.14. The van der Waals surface area contributed by atoms with Crippen molar-refractivity contribution in [1.82, 2.24) is 10.0 Å². The van der Waals surface area contributed by atoms with E-state index >= 15 is 0 Å². The first kappa shape index (κ1) is 15.1. The van der Waals surface area contributed by atoms with Gasteiger partial charge in [-0.2, -0.15) is 0 Å². The smallest absolute Gasteiger partial charge is 0.250 e. The number of sulfonamides is 1. The molecule has 0 saturated carbocycles. The van der Waals surface area contributed by atoms with Crippen molar-refractivity contribution in [2.24, 2.45) is 0 Å². The van der Waals surface area contributed by atoms with Gasteiger partial charge in [0.1, 0.15) is 4.21 Å². The normalized spacial score (nSPS) is 13.2. The third-order valence-electron chi connectivity index (χ3n) is 2.00. The number of aliphatic hydroxyl groups is 1. The van der Waals surface area contributed by atoms with Crippen molar-refractivity contribution in [2.45, 2.75) is 23.7 Å². The summed E-state index contributed by atoms with van der Waals surface area (Å²) in [7, 11) is -3.50. The van der Waals surface area contributed by atoms with Gasteiger partial charge >= 0.3 is 0 Å². The van der Waals surface area contributed by atoms with Crippen LogP contribution in [0.25, 0.3) is 0 Å². The van der Waals surface area contributed by atoms with Gasteiger partial charge in [0.25, 0.3) is 0 Å². The lowest BCUT2D eigenvalue weighted by Crippen LogP contribution is -2.33. The van der Waals surface area contributed by atoms with Crippen molar-refractivity contribution < 1.29 is 18.3 Å². The molecular formula is C10H16N2O4S2. The van der Waals surface area contributed by atoms with Crippen LogP contribution in [0.5, 0.6) is 0 Å². The summed E-state index contributed by atoms with van der Waals surface area (Å²) >= 11 is 1.12. The Morgan fingerprint density at radius 1 is 1.56 bits per heavy atom. The van der Waals surface area contributed by atoms with E-state index in [9.17, 15) is 13.2 Å². The molecule has 1 aromatic heterocycles. The monoisotopic (exact) mass is 292 g/mol. The average Bonchev–Trinajstić information content (AvgIpc) is 2.80. The fourth-order valence-corrected chi connectivity index (χ4v) is 3.21. The summed E-state index contributed by atoms with van der Waals surface area (Å²) in [5.41, 5.74) is 0. The standard InChI is InChI=1S/C10H16N2O4S2/c1-8(13)7-11-9(14)4-5-12-18(15,16)10-3-2-6-17-10/h2-3,6,8,12-13H,4-5,7H2,1H3,(H,11,14). The summed E-state index contributed by atoms with van der Waals surface area (Å²) in [5.74, 6) is -0.301. The Labute approximate surface area is 110 Å². The van der Waals surface area contributed by atoms with Gasteiger partial charge in [0.2, 0.25) is 15.9 Å². The SMILES string of the molecule is CC(O)CNC(=O)CCNS(=O)(=O)c1cccs1. The molecule has 1 atom stereocenters. The number of thiophene rings is 1. The van der Waals surface area contributed by atoms with E-state index < -0.39 is 16.1 Å². The Morgan fingerprint density at radius 3 is 2.83 bits per heavy atom. The summed E-state index contributed by atoms with van der Waals surface area (Å²) in [4.78, 5) is 11.3. The number of rotatable bonds is 7. The van der Waals surface area contributed by atoms with Gasteiger partial charge < -0.3 is 10.4 Å². The Morgan fingerprint density at radius 2 is 2.28 bits per heavy atom. The lowest BCUT2D eigenvalue weighted by atomic mass is 10.3. The third kappa shape index (κ3) is 5.13. The lowest BCUT2D eigenvalue weighted by molar-refractivity contribution is -0.121. The zero-order valence-electron chi connectivity index (χ0n) is 9.92. The number of hydrogen-bond acceptors (Lipinski definition) is 5. The van der Waals surface area contributed by atoms with Gasteiger partial charge in [-0.3, -0.25) is 4.79 Å². The van der Waals surface area contributed by atoms with Crippen LogP contribution < -0.4 is 10.0 Å². The molecule has 1 amide bonds. The minimum atomic E-state index is -3.50. The van der Waals surface area contributed by atoms with Crippen molar-refractivity contribution in [3.05, 3.63) is 17.5 Å². The number of amides is 1. The second-order valence-corrected chi connectivity index (χ2v) is 6.67. The number of carbonyl (C=O) groups excluding carboxylic acids is 1. The molecule has 8 heteroatoms. The molecule has 1 aromatic rings. The predicted octanol–water partition coefficient (Wildman–Crippen LogP) is -0.0865. The van der Waals surface area contributed by atoms with Crippen LogP contribution in [0, 0.1) is 0 Å². The third-order valence-corrected chi connectivity index (χ3v) is 4.86. The van der Waals surface area contributed by atoms with E-state index in [-0.39, 0.29) is 29.6 Å². The average molecular weight is 292 g/mol. The maximum absolute atomic E-state index is 11.7. The molecule has 0 aromatic carbocycles. The van der Waals surface area contributed by atoms with E-state index in [0.717, 1.165) is 11.3 Å². The second-order valence-electron chi connectivity index (χ2n) is 3.73. The van der Waals surface area contributed by atoms with Crippen LogP contribution in [0.1, 0.15) is 13.3 Å². The zero-order chi connectivity index (χ0) is 13.6. The second kappa shape index (κ2) is 6.83. The van der Waals surface area contributed by atoms with Crippen molar-refractivity contribution >= 4 is 27.3 Å². The molecule has 18 heavy (non-hydrogen) atoms. The van der Waals surface area contributed by atoms with Crippen molar-refractivity contribution in [1.29, 1.82) is 0 Å². The predicted molar refractivity (Wildman–Crippen MR) is 68.8 cm³/mol. The van der Waals surface area contributed by atoms with E-state index in [1.54, 1.807) is 18.4 Å². The van der Waals surface area contributed by atoms with Crippen LogP contribution >= 0.6 is 11.3 Å². The fraction of sp³-hybridized carbons (Fsp3) is 0.500. The molecule has 0 spiro atoms. The summed E-state index contributed by atoms with van der Waals surface area (Å²) in [5, 5.41) is 13.1. The van der Waals surface area contributed by atoms with Gasteiger partial charge in [0.05, 0.1) is 6.10 Å². The molecule has 0 aliphatic rings. The quantitative estimate of drug-likeness (QED) is 0.654. The van der Waals surface area contributed by atoms with Crippen LogP contribution in [0.4, 0.5) is 0 Å². The minimum Gasteiger partial charge on any atom is -0.392 e. The van der Waals surface area contributed by atoms with Gasteiger partial charge in [-0.1, -0.05) is 6.07 Å². The van der Waals surface area contributed by atoms with E-state index in [1.165, 1.54) is 6.07 Å². The molecule has 1 unspecified atom stereocenters. The fourth-order valence-electron chi connectivity index (χ4n) is 1.14. The van der Waals surface area contributed by atoms with E-state index in [2.05, 4.69) is 10.0 Å². The summed E-state index contributed by atoms with van der Waals surface area (Å²) in [6, 6.07) is 3.15. The topological polar surface area (TPSA) is 95.5 Å². The molecule has 0 aliphatic carbocycles. The molecule has 0 saturated heterocycles. The number of nitrogens with one attached hydrogen (secondary N) is 2. The van der Waals surface area contributed by atoms with E-state index in [4.69, 9.17) is 5.11 Å².